The molecule has 0 saturated carbocycles. The van der Waals surface area contributed by atoms with E-state index >= 15 is 0 Å². The molecule has 0 bridgehead atoms. The van der Waals surface area contributed by atoms with E-state index in [1.807, 2.05) is 11.8 Å². The minimum absolute atomic E-state index is 0.0571. The maximum absolute atomic E-state index is 11.3. The number of aromatic hydroxyl groups is 2. The highest BCUT2D eigenvalue weighted by atomic mass is 16.4. The van der Waals surface area contributed by atoms with Crippen molar-refractivity contribution in [3.63, 3.8) is 0 Å². The summed E-state index contributed by atoms with van der Waals surface area (Å²) in [6, 6.07) is 3.37. The van der Waals surface area contributed by atoms with Crippen molar-refractivity contribution in [1.82, 2.24) is 10.2 Å². The Bertz CT molecular complexity index is 478. The molecule has 0 aliphatic carbocycles. The zero-order valence-corrected chi connectivity index (χ0v) is 10.7. The minimum atomic E-state index is -0.890. The standard InChI is InChI=1S/C13H18N2O4/c1-8(10-6-9(16)2-3-12(10)17)15-5-4-14-7-11(15)13(18)19/h2-3,6,8,11,14,16-17H,4-5,7H2,1H3,(H,18,19). The zero-order valence-electron chi connectivity index (χ0n) is 10.7. The van der Waals surface area contributed by atoms with Crippen LogP contribution in [0.4, 0.5) is 0 Å². The van der Waals surface area contributed by atoms with Crippen LogP contribution in [-0.2, 0) is 4.79 Å². The highest BCUT2D eigenvalue weighted by molar-refractivity contribution is 5.74. The minimum Gasteiger partial charge on any atom is -0.508 e. The normalized spacial score (nSPS) is 22.1. The maximum atomic E-state index is 11.3. The molecule has 104 valence electrons. The van der Waals surface area contributed by atoms with E-state index in [0.29, 0.717) is 25.2 Å². The molecule has 19 heavy (non-hydrogen) atoms. The van der Waals surface area contributed by atoms with Gasteiger partial charge in [0.2, 0.25) is 0 Å². The molecule has 2 rings (SSSR count). The first-order valence-electron chi connectivity index (χ1n) is 6.22. The molecule has 0 radical (unpaired) electrons. The van der Waals surface area contributed by atoms with E-state index in [2.05, 4.69) is 5.32 Å². The summed E-state index contributed by atoms with van der Waals surface area (Å²) in [7, 11) is 0. The maximum Gasteiger partial charge on any atom is 0.322 e. The van der Waals surface area contributed by atoms with Gasteiger partial charge in [-0.3, -0.25) is 9.69 Å². The van der Waals surface area contributed by atoms with Crippen molar-refractivity contribution in [3.8, 4) is 11.5 Å². The SMILES string of the molecule is CC(c1cc(O)ccc1O)N1CCNCC1C(=O)O. The molecule has 1 fully saturated rings. The summed E-state index contributed by atoms with van der Waals surface area (Å²) in [6.07, 6.45) is 0. The van der Waals surface area contributed by atoms with Crippen molar-refractivity contribution >= 4 is 5.97 Å². The Morgan fingerprint density at radius 2 is 2.21 bits per heavy atom. The Hall–Kier alpha value is -1.79. The molecule has 1 aliphatic rings. The quantitative estimate of drug-likeness (QED) is 0.596. The molecule has 1 heterocycles. The second-order valence-corrected chi connectivity index (χ2v) is 4.72. The third-order valence-corrected chi connectivity index (χ3v) is 3.53. The molecule has 1 aliphatic heterocycles. The monoisotopic (exact) mass is 266 g/mol. The van der Waals surface area contributed by atoms with Gasteiger partial charge in [-0.15, -0.1) is 0 Å². The van der Waals surface area contributed by atoms with Crippen LogP contribution in [0.3, 0.4) is 0 Å². The van der Waals surface area contributed by atoms with Gasteiger partial charge >= 0.3 is 5.97 Å². The number of nitrogens with zero attached hydrogens (tertiary/aromatic N) is 1. The van der Waals surface area contributed by atoms with E-state index < -0.39 is 12.0 Å². The van der Waals surface area contributed by atoms with Crippen molar-refractivity contribution in [3.05, 3.63) is 23.8 Å². The van der Waals surface area contributed by atoms with Gasteiger partial charge in [0.05, 0.1) is 0 Å². The Morgan fingerprint density at radius 1 is 1.47 bits per heavy atom. The summed E-state index contributed by atoms with van der Waals surface area (Å²) in [5.41, 5.74) is 0.535. The average molecular weight is 266 g/mol. The number of benzene rings is 1. The molecular formula is C13H18N2O4. The van der Waals surface area contributed by atoms with Gasteiger partial charge < -0.3 is 20.6 Å². The molecule has 6 heteroatoms. The first-order chi connectivity index (χ1) is 9.00. The van der Waals surface area contributed by atoms with Crippen LogP contribution < -0.4 is 5.32 Å². The molecule has 2 atom stereocenters. The zero-order chi connectivity index (χ0) is 14.0. The topological polar surface area (TPSA) is 93.0 Å². The number of nitrogens with one attached hydrogen (secondary N) is 1. The van der Waals surface area contributed by atoms with Gasteiger partial charge in [0, 0.05) is 31.2 Å². The fraction of sp³-hybridized carbons (Fsp3) is 0.462. The smallest absolute Gasteiger partial charge is 0.322 e. The van der Waals surface area contributed by atoms with Gasteiger partial charge in [-0.25, -0.2) is 0 Å². The number of aliphatic carboxylic acids is 1. The van der Waals surface area contributed by atoms with Crippen molar-refractivity contribution in [2.75, 3.05) is 19.6 Å². The van der Waals surface area contributed by atoms with E-state index in [9.17, 15) is 20.1 Å². The van der Waals surface area contributed by atoms with E-state index in [-0.39, 0.29) is 17.5 Å². The Kier molecular flexibility index (Phi) is 3.92. The largest absolute Gasteiger partial charge is 0.508 e. The van der Waals surface area contributed by atoms with Gasteiger partial charge in [0.15, 0.2) is 0 Å². The predicted octanol–water partition coefficient (Wildman–Crippen LogP) is 0.517. The summed E-state index contributed by atoms with van der Waals surface area (Å²) in [5, 5.41) is 31.6. The Labute approximate surface area is 111 Å². The van der Waals surface area contributed by atoms with Gasteiger partial charge in [-0.1, -0.05) is 0 Å². The molecule has 6 nitrogen and oxygen atoms in total. The van der Waals surface area contributed by atoms with Crippen LogP contribution in [0.1, 0.15) is 18.5 Å². The Morgan fingerprint density at radius 3 is 2.89 bits per heavy atom. The lowest BCUT2D eigenvalue weighted by Crippen LogP contribution is -2.55. The van der Waals surface area contributed by atoms with Gasteiger partial charge in [0.25, 0.3) is 0 Å². The summed E-state index contributed by atoms with van der Waals surface area (Å²) in [6.45, 7) is 3.48. The first-order valence-corrected chi connectivity index (χ1v) is 6.22. The molecule has 1 aromatic carbocycles. The van der Waals surface area contributed by atoms with Crippen LogP contribution >= 0.6 is 0 Å². The fourth-order valence-corrected chi connectivity index (χ4v) is 2.47. The highest BCUT2D eigenvalue weighted by Gasteiger charge is 2.33. The van der Waals surface area contributed by atoms with Gasteiger partial charge in [0.1, 0.15) is 17.5 Å². The van der Waals surface area contributed by atoms with Gasteiger partial charge in [-0.2, -0.15) is 0 Å². The fourth-order valence-electron chi connectivity index (χ4n) is 2.47. The molecule has 0 aromatic heterocycles. The molecule has 2 unspecified atom stereocenters. The van der Waals surface area contributed by atoms with E-state index in [4.69, 9.17) is 0 Å². The summed E-state index contributed by atoms with van der Waals surface area (Å²) >= 11 is 0. The van der Waals surface area contributed by atoms with E-state index in [1.54, 1.807) is 0 Å². The van der Waals surface area contributed by atoms with Gasteiger partial charge in [-0.05, 0) is 25.1 Å². The second kappa shape index (κ2) is 5.46. The lowest BCUT2D eigenvalue weighted by atomic mass is 10.0. The first kappa shape index (κ1) is 13.6. The molecule has 1 aromatic rings. The molecule has 0 spiro atoms. The number of carbonyl (C=O) groups is 1. The van der Waals surface area contributed by atoms with E-state index in [1.165, 1.54) is 18.2 Å². The number of piperazine rings is 1. The van der Waals surface area contributed by atoms with Crippen LogP contribution in [0, 0.1) is 0 Å². The van der Waals surface area contributed by atoms with Crippen LogP contribution in [0.2, 0.25) is 0 Å². The third-order valence-electron chi connectivity index (χ3n) is 3.53. The highest BCUT2D eigenvalue weighted by Crippen LogP contribution is 2.32. The van der Waals surface area contributed by atoms with Crippen molar-refractivity contribution in [1.29, 1.82) is 0 Å². The number of phenols is 2. The van der Waals surface area contributed by atoms with E-state index in [0.717, 1.165) is 0 Å². The van der Waals surface area contributed by atoms with Crippen molar-refractivity contribution in [2.24, 2.45) is 0 Å². The van der Waals surface area contributed by atoms with Crippen LogP contribution in [-0.4, -0.2) is 51.9 Å². The molecule has 4 N–H and O–H groups in total. The second-order valence-electron chi connectivity index (χ2n) is 4.72. The third kappa shape index (κ3) is 2.80. The van der Waals surface area contributed by atoms with Crippen molar-refractivity contribution < 1.29 is 20.1 Å². The molecular weight excluding hydrogens is 248 g/mol. The number of phenolic OH excluding ortho intramolecular Hbond substituents is 2. The predicted molar refractivity (Wildman–Crippen MR) is 69.2 cm³/mol. The van der Waals surface area contributed by atoms with Crippen molar-refractivity contribution in [2.45, 2.75) is 19.0 Å². The molecule has 0 amide bonds. The summed E-state index contributed by atoms with van der Waals surface area (Å²) < 4.78 is 0. The number of carboxylic acid groups (broad SMARTS) is 1. The Balaban J connectivity index is 2.28. The average Bonchev–Trinajstić information content (AvgIpc) is 2.40. The number of carboxylic acids is 1. The van der Waals surface area contributed by atoms with Crippen LogP contribution in [0.25, 0.3) is 0 Å². The lowest BCUT2D eigenvalue weighted by Gasteiger charge is -2.38. The summed E-state index contributed by atoms with van der Waals surface area (Å²) in [5.74, 6) is -0.770. The summed E-state index contributed by atoms with van der Waals surface area (Å²) in [4.78, 5) is 13.1. The molecule has 1 saturated heterocycles. The number of rotatable bonds is 3. The van der Waals surface area contributed by atoms with Crippen LogP contribution in [0.5, 0.6) is 11.5 Å². The number of hydrogen-bond acceptors (Lipinski definition) is 5. The van der Waals surface area contributed by atoms with Crippen LogP contribution in [0.15, 0.2) is 18.2 Å². The number of hydrogen-bond donors (Lipinski definition) is 4. The lowest BCUT2D eigenvalue weighted by molar-refractivity contribution is -0.145.